The number of nitrogens with zero attached hydrogens (tertiary/aromatic N) is 5. The molecule has 24 heavy (non-hydrogen) atoms. The lowest BCUT2D eigenvalue weighted by Crippen LogP contribution is -2.46. The maximum atomic E-state index is 12.8. The number of alkyl halides is 3. The Morgan fingerprint density at radius 2 is 2.17 bits per heavy atom. The second kappa shape index (κ2) is 7.02. The van der Waals surface area contributed by atoms with E-state index in [1.165, 1.54) is 0 Å². The summed E-state index contributed by atoms with van der Waals surface area (Å²) in [6, 6.07) is 1.13. The van der Waals surface area contributed by atoms with Gasteiger partial charge in [0, 0.05) is 37.6 Å². The molecule has 0 aromatic carbocycles. The number of halogens is 3. The molecule has 0 N–H and O–H groups in total. The smallest absolute Gasteiger partial charge is 0.355 e. The lowest BCUT2D eigenvalue weighted by atomic mass is 10.0. The summed E-state index contributed by atoms with van der Waals surface area (Å²) in [6.45, 7) is 2.52. The van der Waals surface area contributed by atoms with Crippen molar-refractivity contribution in [2.45, 2.75) is 31.6 Å². The van der Waals surface area contributed by atoms with Crippen molar-refractivity contribution in [3.05, 3.63) is 34.7 Å². The van der Waals surface area contributed by atoms with Gasteiger partial charge in [-0.25, -0.2) is 15.0 Å². The van der Waals surface area contributed by atoms with E-state index in [0.29, 0.717) is 5.82 Å². The molecule has 0 amide bonds. The van der Waals surface area contributed by atoms with E-state index in [-0.39, 0.29) is 6.04 Å². The Hall–Kier alpha value is -1.74. The minimum atomic E-state index is -4.46. The fourth-order valence-electron chi connectivity index (χ4n) is 2.92. The number of likely N-dealkylation sites (tertiary alicyclic amines) is 1. The highest BCUT2D eigenvalue weighted by molar-refractivity contribution is 7.07. The normalized spacial score (nSPS) is 19.4. The van der Waals surface area contributed by atoms with Crippen molar-refractivity contribution in [2.24, 2.45) is 0 Å². The Kier molecular flexibility index (Phi) is 5.00. The minimum Gasteiger partial charge on any atom is -0.355 e. The van der Waals surface area contributed by atoms with E-state index >= 15 is 0 Å². The van der Waals surface area contributed by atoms with E-state index in [1.807, 2.05) is 15.8 Å². The third-order valence-corrected chi connectivity index (χ3v) is 4.84. The summed E-state index contributed by atoms with van der Waals surface area (Å²) in [7, 11) is 1.79. The number of thiazole rings is 1. The SMILES string of the molecule is CN(c1cc(C(F)(F)F)ncn1)C1CCCN(Cc2cscn2)C1. The van der Waals surface area contributed by atoms with Crippen LogP contribution < -0.4 is 4.90 Å². The van der Waals surface area contributed by atoms with Gasteiger partial charge in [0.05, 0.1) is 11.2 Å². The molecule has 1 atom stereocenters. The van der Waals surface area contributed by atoms with Crippen LogP contribution in [0, 0.1) is 0 Å². The summed E-state index contributed by atoms with van der Waals surface area (Å²) in [4.78, 5) is 15.7. The van der Waals surface area contributed by atoms with Gasteiger partial charge in [0.1, 0.15) is 17.8 Å². The van der Waals surface area contributed by atoms with Crippen LogP contribution in [0.25, 0.3) is 0 Å². The van der Waals surface area contributed by atoms with Crippen LogP contribution in [0.2, 0.25) is 0 Å². The molecule has 5 nitrogen and oxygen atoms in total. The minimum absolute atomic E-state index is 0.119. The van der Waals surface area contributed by atoms with E-state index < -0.39 is 11.9 Å². The van der Waals surface area contributed by atoms with Gasteiger partial charge in [0.25, 0.3) is 0 Å². The lowest BCUT2D eigenvalue weighted by molar-refractivity contribution is -0.141. The van der Waals surface area contributed by atoms with Gasteiger partial charge in [0.2, 0.25) is 0 Å². The molecule has 1 unspecified atom stereocenters. The summed E-state index contributed by atoms with van der Waals surface area (Å²) in [5, 5.41) is 2.02. The van der Waals surface area contributed by atoms with Crippen LogP contribution in [0.5, 0.6) is 0 Å². The molecule has 1 aliphatic heterocycles. The highest BCUT2D eigenvalue weighted by Crippen LogP contribution is 2.29. The van der Waals surface area contributed by atoms with Gasteiger partial charge in [-0.05, 0) is 19.4 Å². The summed E-state index contributed by atoms with van der Waals surface area (Å²) >= 11 is 1.56. The predicted octanol–water partition coefficient (Wildman–Crippen LogP) is 3.05. The number of hydrogen-bond acceptors (Lipinski definition) is 6. The van der Waals surface area contributed by atoms with E-state index in [4.69, 9.17) is 0 Å². The number of aromatic nitrogens is 3. The summed E-state index contributed by atoms with van der Waals surface area (Å²) < 4.78 is 38.5. The first kappa shape index (κ1) is 17.1. The molecule has 3 rings (SSSR count). The second-order valence-electron chi connectivity index (χ2n) is 5.88. The van der Waals surface area contributed by atoms with Crippen molar-refractivity contribution < 1.29 is 13.2 Å². The first-order valence-corrected chi connectivity index (χ1v) is 8.59. The lowest BCUT2D eigenvalue weighted by Gasteiger charge is -2.38. The van der Waals surface area contributed by atoms with Gasteiger partial charge in [-0.1, -0.05) is 0 Å². The maximum absolute atomic E-state index is 12.8. The van der Waals surface area contributed by atoms with Crippen LogP contribution in [-0.4, -0.2) is 46.0 Å². The molecular formula is C15H18F3N5S. The molecule has 2 aromatic heterocycles. The van der Waals surface area contributed by atoms with Crippen LogP contribution in [-0.2, 0) is 12.7 Å². The van der Waals surface area contributed by atoms with Gasteiger partial charge in [0.15, 0.2) is 0 Å². The standard InChI is InChI=1S/C15H18F3N5S/c1-22(14-5-13(15(16,17)18)19-9-20-14)12-3-2-4-23(7-12)6-11-8-24-10-21-11/h5,8-10,12H,2-4,6-7H2,1H3. The molecule has 0 aliphatic carbocycles. The quantitative estimate of drug-likeness (QED) is 0.842. The largest absolute Gasteiger partial charge is 0.433 e. The van der Waals surface area contributed by atoms with Crippen LogP contribution in [0.15, 0.2) is 23.3 Å². The molecule has 130 valence electrons. The van der Waals surface area contributed by atoms with Crippen molar-refractivity contribution in [3.63, 3.8) is 0 Å². The first-order valence-electron chi connectivity index (χ1n) is 7.65. The molecule has 1 fully saturated rings. The number of hydrogen-bond donors (Lipinski definition) is 0. The van der Waals surface area contributed by atoms with Gasteiger partial charge < -0.3 is 4.90 Å². The van der Waals surface area contributed by atoms with Crippen molar-refractivity contribution in [2.75, 3.05) is 25.0 Å². The molecule has 1 aliphatic rings. The molecular weight excluding hydrogens is 339 g/mol. The Labute approximate surface area is 142 Å². The molecule has 0 saturated carbocycles. The van der Waals surface area contributed by atoms with Gasteiger partial charge in [-0.15, -0.1) is 11.3 Å². The molecule has 0 radical (unpaired) electrons. The van der Waals surface area contributed by atoms with Gasteiger partial charge in [-0.3, -0.25) is 4.90 Å². The van der Waals surface area contributed by atoms with Crippen LogP contribution >= 0.6 is 11.3 Å². The highest BCUT2D eigenvalue weighted by Gasteiger charge is 2.33. The highest BCUT2D eigenvalue weighted by atomic mass is 32.1. The number of piperidine rings is 1. The zero-order chi connectivity index (χ0) is 17.2. The zero-order valence-corrected chi connectivity index (χ0v) is 14.0. The van der Waals surface area contributed by atoms with E-state index in [9.17, 15) is 13.2 Å². The fraction of sp³-hybridized carbons (Fsp3) is 0.533. The Morgan fingerprint density at radius 1 is 1.33 bits per heavy atom. The first-order chi connectivity index (χ1) is 11.4. The third-order valence-electron chi connectivity index (χ3n) is 4.20. The van der Waals surface area contributed by atoms with Crippen molar-refractivity contribution in [1.29, 1.82) is 0 Å². The van der Waals surface area contributed by atoms with E-state index in [2.05, 4.69) is 19.9 Å². The van der Waals surface area contributed by atoms with Crippen LogP contribution in [0.1, 0.15) is 24.2 Å². The van der Waals surface area contributed by atoms with Crippen molar-refractivity contribution in [3.8, 4) is 0 Å². The van der Waals surface area contributed by atoms with Gasteiger partial charge >= 0.3 is 6.18 Å². The Balaban J connectivity index is 1.69. The van der Waals surface area contributed by atoms with Crippen LogP contribution in [0.3, 0.4) is 0 Å². The monoisotopic (exact) mass is 357 g/mol. The average molecular weight is 357 g/mol. The average Bonchev–Trinajstić information content (AvgIpc) is 3.07. The number of likely N-dealkylation sites (N-methyl/N-ethyl adjacent to an activating group) is 1. The molecule has 9 heteroatoms. The molecule has 0 bridgehead atoms. The Bertz CT molecular complexity index is 661. The van der Waals surface area contributed by atoms with Crippen molar-refractivity contribution in [1.82, 2.24) is 19.9 Å². The molecule has 0 spiro atoms. The summed E-state index contributed by atoms with van der Waals surface area (Å²) in [5.74, 6) is 0.304. The van der Waals surface area contributed by atoms with Crippen LogP contribution in [0.4, 0.5) is 19.0 Å². The van der Waals surface area contributed by atoms with E-state index in [0.717, 1.165) is 50.6 Å². The second-order valence-corrected chi connectivity index (χ2v) is 6.60. The Morgan fingerprint density at radius 3 is 2.88 bits per heavy atom. The number of rotatable bonds is 4. The molecule has 1 saturated heterocycles. The summed E-state index contributed by atoms with van der Waals surface area (Å²) in [5.41, 5.74) is 1.93. The van der Waals surface area contributed by atoms with Gasteiger partial charge in [-0.2, -0.15) is 13.2 Å². The number of anilines is 1. The zero-order valence-electron chi connectivity index (χ0n) is 13.2. The topological polar surface area (TPSA) is 45.2 Å². The maximum Gasteiger partial charge on any atom is 0.433 e. The fourth-order valence-corrected chi connectivity index (χ4v) is 3.47. The third kappa shape index (κ3) is 4.02. The molecule has 3 heterocycles. The predicted molar refractivity (Wildman–Crippen MR) is 85.9 cm³/mol. The van der Waals surface area contributed by atoms with E-state index in [1.54, 1.807) is 18.4 Å². The molecule has 2 aromatic rings. The summed E-state index contributed by atoms with van der Waals surface area (Å²) in [6.07, 6.45) is -1.56. The van der Waals surface area contributed by atoms with Crippen molar-refractivity contribution >= 4 is 17.2 Å².